The van der Waals surface area contributed by atoms with Crippen molar-refractivity contribution in [1.29, 1.82) is 0 Å². The Kier molecular flexibility index (Phi) is 6.54. The van der Waals surface area contributed by atoms with Crippen molar-refractivity contribution < 1.29 is 43.5 Å². The first kappa shape index (κ1) is 12.6. The van der Waals surface area contributed by atoms with Gasteiger partial charge in [-0.2, -0.15) is 0 Å². The molecule has 0 aliphatic carbocycles. The van der Waals surface area contributed by atoms with E-state index in [1.165, 1.54) is 0 Å². The first-order valence-electron chi connectivity index (χ1n) is 2.41. The van der Waals surface area contributed by atoms with Crippen molar-refractivity contribution in [2.24, 2.45) is 0 Å². The Balaban J connectivity index is 0. The van der Waals surface area contributed by atoms with Gasteiger partial charge in [0.25, 0.3) is 0 Å². The number of sulfone groups is 1. The fourth-order valence-corrected chi connectivity index (χ4v) is 2.24. The van der Waals surface area contributed by atoms with Gasteiger partial charge in [-0.15, -0.1) is 0 Å². The van der Waals surface area contributed by atoms with Crippen LogP contribution < -0.4 is 29.6 Å². The maximum absolute atomic E-state index is 10.4. The van der Waals surface area contributed by atoms with Crippen LogP contribution in [0.2, 0.25) is 0 Å². The molecular formula is C4H9NaO3S. The summed E-state index contributed by atoms with van der Waals surface area (Å²) in [6.07, 6.45) is 1.75. The molecule has 1 aliphatic rings. The van der Waals surface area contributed by atoms with E-state index >= 15 is 0 Å². The van der Waals surface area contributed by atoms with Gasteiger partial charge in [-0.3, -0.25) is 0 Å². The molecule has 9 heavy (non-hydrogen) atoms. The van der Waals surface area contributed by atoms with Crippen LogP contribution in [-0.2, 0) is 9.84 Å². The second kappa shape index (κ2) is 4.68. The summed E-state index contributed by atoms with van der Waals surface area (Å²) in [5, 5.41) is 0. The molecule has 0 unspecified atom stereocenters. The van der Waals surface area contributed by atoms with Crippen molar-refractivity contribution >= 4 is 9.84 Å². The van der Waals surface area contributed by atoms with Gasteiger partial charge in [-0.25, -0.2) is 8.42 Å². The maximum Gasteiger partial charge on any atom is 1.00 e. The van der Waals surface area contributed by atoms with Crippen LogP contribution in [0.25, 0.3) is 0 Å². The van der Waals surface area contributed by atoms with Gasteiger partial charge in [0.2, 0.25) is 0 Å². The Morgan fingerprint density at radius 3 is 1.44 bits per heavy atom. The Hall–Kier alpha value is 0.910. The minimum atomic E-state index is -2.55. The van der Waals surface area contributed by atoms with Crippen LogP contribution in [0.1, 0.15) is 12.8 Å². The normalized spacial score (nSPS) is 21.8. The number of rotatable bonds is 0. The monoisotopic (exact) mass is 160 g/mol. The van der Waals surface area contributed by atoms with Crippen molar-refractivity contribution in [2.45, 2.75) is 12.8 Å². The maximum atomic E-state index is 10.4. The van der Waals surface area contributed by atoms with E-state index in [-0.39, 0.29) is 35.0 Å². The number of hydrogen-bond acceptors (Lipinski definition) is 3. The van der Waals surface area contributed by atoms with Gasteiger partial charge < -0.3 is 5.48 Å². The van der Waals surface area contributed by atoms with Crippen molar-refractivity contribution in [3.05, 3.63) is 0 Å². The summed E-state index contributed by atoms with van der Waals surface area (Å²) in [6, 6.07) is 0. The van der Waals surface area contributed by atoms with Gasteiger partial charge in [0, 0.05) is 0 Å². The van der Waals surface area contributed by atoms with Crippen LogP contribution in [0.5, 0.6) is 0 Å². The van der Waals surface area contributed by atoms with E-state index in [0.29, 0.717) is 11.5 Å². The third kappa shape index (κ3) is 4.33. The molecule has 1 N–H and O–H groups in total. The summed E-state index contributed by atoms with van der Waals surface area (Å²) in [5.74, 6) is 0.847. The van der Waals surface area contributed by atoms with E-state index in [1.54, 1.807) is 0 Å². The Labute approximate surface area is 77.3 Å². The molecule has 3 nitrogen and oxygen atoms in total. The minimum absolute atomic E-state index is 0. The molecule has 1 saturated heterocycles. The molecule has 1 rings (SSSR count). The molecule has 0 aromatic rings. The largest absolute Gasteiger partial charge is 1.00 e. The Morgan fingerprint density at radius 2 is 1.33 bits per heavy atom. The van der Waals surface area contributed by atoms with Crippen LogP contribution >= 0.6 is 0 Å². The molecule has 5 heteroatoms. The van der Waals surface area contributed by atoms with Gasteiger partial charge in [0.15, 0.2) is 0 Å². The SMILES string of the molecule is O=S1(=O)CCCC1.[Na+].[OH-]. The molecule has 0 atom stereocenters. The average Bonchev–Trinajstić information content (AvgIpc) is 1.84. The van der Waals surface area contributed by atoms with E-state index in [1.807, 2.05) is 0 Å². The van der Waals surface area contributed by atoms with Crippen molar-refractivity contribution in [1.82, 2.24) is 0 Å². The molecular weight excluding hydrogens is 151 g/mol. The molecule has 0 spiro atoms. The van der Waals surface area contributed by atoms with E-state index in [4.69, 9.17) is 0 Å². The predicted molar refractivity (Wildman–Crippen MR) is 29.8 cm³/mol. The summed E-state index contributed by atoms with van der Waals surface area (Å²) in [5.41, 5.74) is 0. The van der Waals surface area contributed by atoms with Gasteiger partial charge in [-0.1, -0.05) is 0 Å². The minimum Gasteiger partial charge on any atom is -0.870 e. The van der Waals surface area contributed by atoms with Crippen molar-refractivity contribution in [2.75, 3.05) is 11.5 Å². The van der Waals surface area contributed by atoms with E-state index in [2.05, 4.69) is 0 Å². The average molecular weight is 160 g/mol. The van der Waals surface area contributed by atoms with Crippen LogP contribution in [0.15, 0.2) is 0 Å². The Morgan fingerprint density at radius 1 is 1.00 bits per heavy atom. The first-order chi connectivity index (χ1) is 3.21. The zero-order valence-electron chi connectivity index (χ0n) is 5.50. The fraction of sp³-hybridized carbons (Fsp3) is 1.00. The zero-order valence-corrected chi connectivity index (χ0v) is 8.32. The molecule has 1 heterocycles. The molecule has 0 amide bonds. The summed E-state index contributed by atoms with van der Waals surface area (Å²) in [6.45, 7) is 0. The molecule has 1 fully saturated rings. The van der Waals surface area contributed by atoms with Crippen molar-refractivity contribution in [3.8, 4) is 0 Å². The zero-order chi connectivity index (χ0) is 5.33. The van der Waals surface area contributed by atoms with Crippen LogP contribution in [0.4, 0.5) is 0 Å². The summed E-state index contributed by atoms with van der Waals surface area (Å²) >= 11 is 0. The van der Waals surface area contributed by atoms with E-state index in [0.717, 1.165) is 12.8 Å². The fourth-order valence-electron chi connectivity index (χ4n) is 0.746. The predicted octanol–water partition coefficient (Wildman–Crippen LogP) is -2.98. The van der Waals surface area contributed by atoms with Crippen LogP contribution in [0.3, 0.4) is 0 Å². The molecule has 50 valence electrons. The molecule has 0 aromatic heterocycles. The quantitative estimate of drug-likeness (QED) is 0.355. The van der Waals surface area contributed by atoms with Crippen LogP contribution in [-0.4, -0.2) is 25.4 Å². The van der Waals surface area contributed by atoms with Crippen LogP contribution in [0, 0.1) is 0 Å². The third-order valence-corrected chi connectivity index (χ3v) is 2.98. The summed E-state index contributed by atoms with van der Waals surface area (Å²) in [7, 11) is -2.55. The smallest absolute Gasteiger partial charge is 0.870 e. The van der Waals surface area contributed by atoms with Gasteiger partial charge in [0.05, 0.1) is 11.5 Å². The molecule has 1 aliphatic heterocycles. The van der Waals surface area contributed by atoms with E-state index in [9.17, 15) is 8.42 Å². The topological polar surface area (TPSA) is 64.1 Å². The number of hydrogen-bond donors (Lipinski definition) is 0. The van der Waals surface area contributed by atoms with Gasteiger partial charge in [-0.05, 0) is 12.8 Å². The third-order valence-electron chi connectivity index (χ3n) is 1.16. The molecule has 0 aromatic carbocycles. The second-order valence-electron chi connectivity index (χ2n) is 1.86. The molecule has 0 saturated carbocycles. The summed E-state index contributed by atoms with van der Waals surface area (Å²) in [4.78, 5) is 0. The standard InChI is InChI=1S/C4H8O2S.Na.H2O/c5-7(6)3-1-2-4-7;;/h1-4H2;;1H2/q;+1;/p-1. The molecule has 0 bridgehead atoms. The second-order valence-corrected chi connectivity index (χ2v) is 4.16. The van der Waals surface area contributed by atoms with Crippen molar-refractivity contribution in [3.63, 3.8) is 0 Å². The van der Waals surface area contributed by atoms with E-state index < -0.39 is 9.84 Å². The van der Waals surface area contributed by atoms with Gasteiger partial charge in [0.1, 0.15) is 9.84 Å². The van der Waals surface area contributed by atoms with Gasteiger partial charge >= 0.3 is 29.6 Å². The Bertz CT molecular complexity index is 139. The summed E-state index contributed by atoms with van der Waals surface area (Å²) < 4.78 is 20.9. The molecule has 0 radical (unpaired) electrons. The first-order valence-corrected chi connectivity index (χ1v) is 4.23.